The van der Waals surface area contributed by atoms with Crippen LogP contribution in [0, 0.1) is 0 Å². The van der Waals surface area contributed by atoms with E-state index in [9.17, 15) is 9.59 Å². The van der Waals surface area contributed by atoms with Crippen molar-refractivity contribution in [3.8, 4) is 0 Å². The lowest BCUT2D eigenvalue weighted by atomic mass is 9.84. The van der Waals surface area contributed by atoms with Crippen LogP contribution < -0.4 is 0 Å². The number of aliphatic carboxylic acids is 1. The Hall–Kier alpha value is -1.35. The Morgan fingerprint density at radius 3 is 2.22 bits per heavy atom. The predicted molar refractivity (Wildman–Crippen MR) is 71.4 cm³/mol. The van der Waals surface area contributed by atoms with Crippen LogP contribution in [-0.2, 0) is 10.2 Å². The highest BCUT2D eigenvalue weighted by Gasteiger charge is 2.29. The quantitative estimate of drug-likeness (QED) is 0.636. The number of rotatable bonds is 6. The summed E-state index contributed by atoms with van der Waals surface area (Å²) in [6.45, 7) is 3.28. The maximum Gasteiger partial charge on any atom is 0.313 e. The Bertz CT molecular complexity index is 435. The largest absolute Gasteiger partial charge is 0.481 e. The van der Waals surface area contributed by atoms with Crippen molar-refractivity contribution in [2.24, 2.45) is 0 Å². The summed E-state index contributed by atoms with van der Waals surface area (Å²) >= 11 is 5.54. The highest BCUT2D eigenvalue weighted by Crippen LogP contribution is 2.24. The molecule has 0 spiro atoms. The maximum atomic E-state index is 11.7. The molecule has 0 bridgehead atoms. The van der Waals surface area contributed by atoms with Crippen molar-refractivity contribution >= 4 is 23.4 Å². The molecule has 1 aromatic carbocycles. The summed E-state index contributed by atoms with van der Waals surface area (Å²) in [6.07, 6.45) is 1.08. The summed E-state index contributed by atoms with van der Waals surface area (Å²) in [5.74, 6) is -0.380. The summed E-state index contributed by atoms with van der Waals surface area (Å²) in [6, 6.07) is 6.75. The third kappa shape index (κ3) is 3.33. The molecule has 0 radical (unpaired) electrons. The first-order chi connectivity index (χ1) is 8.39. The Kier molecular flexibility index (Phi) is 4.91. The minimum Gasteiger partial charge on any atom is -0.481 e. The van der Waals surface area contributed by atoms with Gasteiger partial charge < -0.3 is 5.11 Å². The Morgan fingerprint density at radius 1 is 1.22 bits per heavy atom. The van der Waals surface area contributed by atoms with Crippen LogP contribution in [0.15, 0.2) is 24.3 Å². The smallest absolute Gasteiger partial charge is 0.313 e. The van der Waals surface area contributed by atoms with Crippen LogP contribution in [0.25, 0.3) is 0 Å². The fourth-order valence-electron chi connectivity index (χ4n) is 1.57. The van der Waals surface area contributed by atoms with E-state index in [4.69, 9.17) is 16.7 Å². The number of Topliss-reactive ketones (excluding diaryl/α,β-unsaturated/α-hetero) is 1. The number of ketones is 1. The number of carbonyl (C=O) groups is 2. The molecule has 0 aliphatic heterocycles. The van der Waals surface area contributed by atoms with E-state index in [1.54, 1.807) is 38.1 Å². The van der Waals surface area contributed by atoms with Gasteiger partial charge in [-0.05, 0) is 25.8 Å². The topological polar surface area (TPSA) is 54.4 Å². The Balaban J connectivity index is 2.86. The van der Waals surface area contributed by atoms with Crippen LogP contribution in [0.3, 0.4) is 0 Å². The molecule has 0 saturated heterocycles. The second-order valence-electron chi connectivity index (χ2n) is 4.72. The molecule has 0 aliphatic rings. The average Bonchev–Trinajstić information content (AvgIpc) is 2.35. The first-order valence-corrected chi connectivity index (χ1v) is 6.36. The Labute approximate surface area is 112 Å². The standard InChI is InChI=1S/C14H17ClO3/c1-14(2,13(17)18)11-7-5-10(6-8-11)12(16)4-3-9-15/h5-8H,3-4,9H2,1-2H3,(H,17,18). The van der Waals surface area contributed by atoms with Gasteiger partial charge in [0.25, 0.3) is 0 Å². The number of benzene rings is 1. The van der Waals surface area contributed by atoms with E-state index >= 15 is 0 Å². The molecule has 98 valence electrons. The SMILES string of the molecule is CC(C)(C(=O)O)c1ccc(C(=O)CCCCl)cc1. The molecule has 0 aromatic heterocycles. The number of alkyl halides is 1. The van der Waals surface area contributed by atoms with Crippen molar-refractivity contribution in [3.05, 3.63) is 35.4 Å². The number of halogens is 1. The zero-order valence-electron chi connectivity index (χ0n) is 10.6. The van der Waals surface area contributed by atoms with Gasteiger partial charge in [0.2, 0.25) is 0 Å². The van der Waals surface area contributed by atoms with Gasteiger partial charge in [-0.2, -0.15) is 0 Å². The van der Waals surface area contributed by atoms with E-state index in [1.807, 2.05) is 0 Å². The van der Waals surface area contributed by atoms with Crippen molar-refractivity contribution in [2.45, 2.75) is 32.1 Å². The first kappa shape index (κ1) is 14.7. The van der Waals surface area contributed by atoms with Gasteiger partial charge in [0.05, 0.1) is 5.41 Å². The lowest BCUT2D eigenvalue weighted by Gasteiger charge is -2.19. The molecule has 0 heterocycles. The fourth-order valence-corrected chi connectivity index (χ4v) is 1.70. The van der Waals surface area contributed by atoms with Gasteiger partial charge in [-0.3, -0.25) is 9.59 Å². The minimum atomic E-state index is -0.947. The van der Waals surface area contributed by atoms with Gasteiger partial charge in [-0.25, -0.2) is 0 Å². The van der Waals surface area contributed by atoms with Crippen LogP contribution in [0.5, 0.6) is 0 Å². The number of hydrogen-bond donors (Lipinski definition) is 1. The lowest BCUT2D eigenvalue weighted by Crippen LogP contribution is -2.28. The van der Waals surface area contributed by atoms with Crippen LogP contribution in [0.1, 0.15) is 42.6 Å². The van der Waals surface area contributed by atoms with Gasteiger partial charge >= 0.3 is 5.97 Å². The number of carboxylic acids is 1. The number of carbonyl (C=O) groups excluding carboxylic acids is 1. The zero-order valence-corrected chi connectivity index (χ0v) is 11.3. The molecule has 18 heavy (non-hydrogen) atoms. The molecular formula is C14H17ClO3. The van der Waals surface area contributed by atoms with Gasteiger partial charge in [0.1, 0.15) is 0 Å². The average molecular weight is 269 g/mol. The van der Waals surface area contributed by atoms with Crippen LogP contribution in [0.2, 0.25) is 0 Å². The second-order valence-corrected chi connectivity index (χ2v) is 5.10. The third-order valence-corrected chi connectivity index (χ3v) is 3.27. The molecule has 0 atom stereocenters. The van der Waals surface area contributed by atoms with Crippen molar-refractivity contribution < 1.29 is 14.7 Å². The van der Waals surface area contributed by atoms with Gasteiger partial charge in [-0.1, -0.05) is 24.3 Å². The van der Waals surface area contributed by atoms with Crippen LogP contribution in [0.4, 0.5) is 0 Å². The molecule has 1 aromatic rings. The summed E-state index contributed by atoms with van der Waals surface area (Å²) in [5.41, 5.74) is 0.339. The molecule has 0 fully saturated rings. The monoisotopic (exact) mass is 268 g/mol. The molecule has 0 saturated carbocycles. The second kappa shape index (κ2) is 6.01. The van der Waals surface area contributed by atoms with E-state index in [0.717, 1.165) is 0 Å². The Morgan fingerprint density at radius 2 is 1.78 bits per heavy atom. The number of carboxylic acid groups (broad SMARTS) is 1. The summed E-state index contributed by atoms with van der Waals surface area (Å²) in [4.78, 5) is 22.8. The third-order valence-electron chi connectivity index (χ3n) is 3.00. The highest BCUT2D eigenvalue weighted by atomic mass is 35.5. The van der Waals surface area contributed by atoms with Crippen molar-refractivity contribution in [1.82, 2.24) is 0 Å². The van der Waals surface area contributed by atoms with Gasteiger partial charge in [0.15, 0.2) is 5.78 Å². The van der Waals surface area contributed by atoms with Gasteiger partial charge in [0, 0.05) is 17.9 Å². The van der Waals surface area contributed by atoms with Crippen molar-refractivity contribution in [1.29, 1.82) is 0 Å². The maximum absolute atomic E-state index is 11.7. The highest BCUT2D eigenvalue weighted by molar-refractivity contribution is 6.18. The molecule has 4 heteroatoms. The summed E-state index contributed by atoms with van der Waals surface area (Å²) in [5, 5.41) is 9.11. The fraction of sp³-hybridized carbons (Fsp3) is 0.429. The van der Waals surface area contributed by atoms with E-state index < -0.39 is 11.4 Å². The molecule has 1 N–H and O–H groups in total. The van der Waals surface area contributed by atoms with Crippen molar-refractivity contribution in [2.75, 3.05) is 5.88 Å². The van der Waals surface area contributed by atoms with Crippen LogP contribution >= 0.6 is 11.6 Å². The van der Waals surface area contributed by atoms with E-state index in [2.05, 4.69) is 0 Å². The van der Waals surface area contributed by atoms with E-state index in [-0.39, 0.29) is 5.78 Å². The molecule has 3 nitrogen and oxygen atoms in total. The normalized spacial score (nSPS) is 11.3. The minimum absolute atomic E-state index is 0.0373. The molecular weight excluding hydrogens is 252 g/mol. The molecule has 0 unspecified atom stereocenters. The summed E-state index contributed by atoms with van der Waals surface area (Å²) < 4.78 is 0. The van der Waals surface area contributed by atoms with Crippen molar-refractivity contribution in [3.63, 3.8) is 0 Å². The molecule has 0 aliphatic carbocycles. The first-order valence-electron chi connectivity index (χ1n) is 5.82. The summed E-state index contributed by atoms with van der Waals surface area (Å²) in [7, 11) is 0. The lowest BCUT2D eigenvalue weighted by molar-refractivity contribution is -0.142. The van der Waals surface area contributed by atoms with Gasteiger partial charge in [-0.15, -0.1) is 11.6 Å². The predicted octanol–water partition coefficient (Wildman–Crippen LogP) is 3.25. The van der Waals surface area contributed by atoms with E-state index in [1.165, 1.54) is 0 Å². The number of hydrogen-bond acceptors (Lipinski definition) is 2. The van der Waals surface area contributed by atoms with E-state index in [0.29, 0.717) is 29.8 Å². The molecule has 0 amide bonds. The molecule has 1 rings (SSSR count). The zero-order chi connectivity index (χ0) is 13.8. The van der Waals surface area contributed by atoms with Crippen LogP contribution in [-0.4, -0.2) is 22.7 Å².